The summed E-state index contributed by atoms with van der Waals surface area (Å²) in [6, 6.07) is 15.5. The molecule has 1 aromatic heterocycles. The van der Waals surface area contributed by atoms with Gasteiger partial charge in [0.2, 0.25) is 5.91 Å². The van der Waals surface area contributed by atoms with Crippen LogP contribution in [0.1, 0.15) is 35.3 Å². The normalized spacial score (nSPS) is 16.3. The number of benzene rings is 2. The Labute approximate surface area is 146 Å². The van der Waals surface area contributed by atoms with Crippen molar-refractivity contribution in [1.82, 2.24) is 9.88 Å². The van der Waals surface area contributed by atoms with E-state index in [1.54, 1.807) is 0 Å². The third-order valence-corrected chi connectivity index (χ3v) is 5.14. The molecule has 0 bridgehead atoms. The van der Waals surface area contributed by atoms with Crippen molar-refractivity contribution in [3.05, 3.63) is 71.4 Å². The zero-order valence-corrected chi connectivity index (χ0v) is 14.4. The van der Waals surface area contributed by atoms with Crippen molar-refractivity contribution in [2.24, 2.45) is 0 Å². The lowest BCUT2D eigenvalue weighted by molar-refractivity contribution is -0.134. The maximum atomic E-state index is 12.9. The van der Waals surface area contributed by atoms with Gasteiger partial charge in [-0.3, -0.25) is 14.5 Å². The third-order valence-electron chi connectivity index (χ3n) is 5.14. The number of fused-ring (bicyclic) bond motifs is 2. The molecule has 1 aliphatic heterocycles. The van der Waals surface area contributed by atoms with E-state index in [1.807, 2.05) is 62.5 Å². The Morgan fingerprint density at radius 1 is 1.00 bits per heavy atom. The van der Waals surface area contributed by atoms with Crippen LogP contribution in [0.25, 0.3) is 10.9 Å². The van der Waals surface area contributed by atoms with Gasteiger partial charge >= 0.3 is 0 Å². The number of hydrogen-bond donors (Lipinski definition) is 1. The van der Waals surface area contributed by atoms with Crippen LogP contribution in [-0.2, 0) is 16.6 Å². The number of para-hydroxylation sites is 1. The highest BCUT2D eigenvalue weighted by molar-refractivity contribution is 6.12. The predicted molar refractivity (Wildman–Crippen MR) is 97.5 cm³/mol. The van der Waals surface area contributed by atoms with E-state index in [0.717, 1.165) is 22.0 Å². The Balaban J connectivity index is 1.65. The summed E-state index contributed by atoms with van der Waals surface area (Å²) < 4.78 is 0. The summed E-state index contributed by atoms with van der Waals surface area (Å²) in [6.45, 7) is 4.16. The molecule has 25 heavy (non-hydrogen) atoms. The van der Waals surface area contributed by atoms with Gasteiger partial charge in [0.25, 0.3) is 5.91 Å². The number of amides is 2. The zero-order valence-electron chi connectivity index (χ0n) is 14.4. The van der Waals surface area contributed by atoms with Crippen LogP contribution in [0.15, 0.2) is 54.7 Å². The van der Waals surface area contributed by atoms with Gasteiger partial charge in [-0.2, -0.15) is 0 Å². The van der Waals surface area contributed by atoms with Crippen LogP contribution in [0.2, 0.25) is 0 Å². The number of aromatic nitrogens is 1. The first-order chi connectivity index (χ1) is 12.0. The summed E-state index contributed by atoms with van der Waals surface area (Å²) in [5, 5.41) is 1.14. The maximum absolute atomic E-state index is 12.9. The second-order valence-corrected chi connectivity index (χ2v) is 7.04. The molecule has 2 amide bonds. The molecule has 4 nitrogen and oxygen atoms in total. The molecule has 0 spiro atoms. The van der Waals surface area contributed by atoms with E-state index < -0.39 is 5.41 Å². The number of imide groups is 1. The van der Waals surface area contributed by atoms with Crippen molar-refractivity contribution in [2.75, 3.05) is 6.54 Å². The molecule has 0 atom stereocenters. The average molecular weight is 332 g/mol. The number of nitrogens with one attached hydrogen (secondary N) is 1. The van der Waals surface area contributed by atoms with E-state index >= 15 is 0 Å². The van der Waals surface area contributed by atoms with Crippen LogP contribution in [0.5, 0.6) is 0 Å². The monoisotopic (exact) mass is 332 g/mol. The van der Waals surface area contributed by atoms with E-state index in [2.05, 4.69) is 11.1 Å². The Morgan fingerprint density at radius 2 is 1.72 bits per heavy atom. The minimum Gasteiger partial charge on any atom is -0.361 e. The fourth-order valence-corrected chi connectivity index (χ4v) is 3.68. The molecule has 2 heterocycles. The van der Waals surface area contributed by atoms with E-state index in [-0.39, 0.29) is 11.8 Å². The summed E-state index contributed by atoms with van der Waals surface area (Å²) in [6.07, 6.45) is 2.60. The first-order valence-corrected chi connectivity index (χ1v) is 8.51. The van der Waals surface area contributed by atoms with Gasteiger partial charge in [-0.25, -0.2) is 0 Å². The first kappa shape index (κ1) is 15.6. The van der Waals surface area contributed by atoms with Gasteiger partial charge in [-0.05, 0) is 43.5 Å². The highest BCUT2D eigenvalue weighted by Gasteiger charge is 2.43. The van der Waals surface area contributed by atoms with Gasteiger partial charge in [0.15, 0.2) is 0 Å². The van der Waals surface area contributed by atoms with Crippen LogP contribution in [-0.4, -0.2) is 28.2 Å². The van der Waals surface area contributed by atoms with Crippen LogP contribution < -0.4 is 0 Å². The topological polar surface area (TPSA) is 53.2 Å². The molecule has 1 N–H and O–H groups in total. The Hall–Kier alpha value is -2.88. The molecule has 2 aromatic carbocycles. The molecular formula is C21H20N2O2. The van der Waals surface area contributed by atoms with Crippen LogP contribution >= 0.6 is 0 Å². The third kappa shape index (κ3) is 2.37. The minimum absolute atomic E-state index is 0.129. The van der Waals surface area contributed by atoms with E-state index in [1.165, 1.54) is 4.90 Å². The smallest absolute Gasteiger partial charge is 0.260 e. The van der Waals surface area contributed by atoms with Gasteiger partial charge in [-0.1, -0.05) is 36.4 Å². The summed E-state index contributed by atoms with van der Waals surface area (Å²) in [4.78, 5) is 30.4. The predicted octanol–water partition coefficient (Wildman–Crippen LogP) is 3.67. The van der Waals surface area contributed by atoms with Crippen molar-refractivity contribution in [1.29, 1.82) is 0 Å². The van der Waals surface area contributed by atoms with Crippen molar-refractivity contribution < 1.29 is 9.59 Å². The Morgan fingerprint density at radius 3 is 2.56 bits per heavy atom. The molecule has 126 valence electrons. The van der Waals surface area contributed by atoms with Crippen molar-refractivity contribution >= 4 is 22.7 Å². The van der Waals surface area contributed by atoms with Crippen molar-refractivity contribution in [2.45, 2.75) is 25.7 Å². The molecule has 0 radical (unpaired) electrons. The lowest BCUT2D eigenvalue weighted by Crippen LogP contribution is -2.52. The molecule has 4 rings (SSSR count). The fraction of sp³-hybridized carbons (Fsp3) is 0.238. The summed E-state index contributed by atoms with van der Waals surface area (Å²) in [5.41, 5.74) is 2.94. The standard InChI is InChI=1S/C21H20N2O2/c1-21(2)17-9-5-3-8-16(17)19(24)23(20(21)25)12-11-14-13-22-18-10-6-4-7-15(14)18/h3-10,13,22H,11-12H2,1-2H3. The minimum atomic E-state index is -0.690. The first-order valence-electron chi connectivity index (χ1n) is 8.51. The fourth-order valence-electron chi connectivity index (χ4n) is 3.68. The largest absolute Gasteiger partial charge is 0.361 e. The van der Waals surface area contributed by atoms with Crippen molar-refractivity contribution in [3.8, 4) is 0 Å². The van der Waals surface area contributed by atoms with Crippen LogP contribution in [0, 0.1) is 0 Å². The van der Waals surface area contributed by atoms with Gasteiger partial charge in [-0.15, -0.1) is 0 Å². The maximum Gasteiger partial charge on any atom is 0.260 e. The second-order valence-electron chi connectivity index (χ2n) is 7.04. The Bertz CT molecular complexity index is 984. The number of aromatic amines is 1. The highest BCUT2D eigenvalue weighted by Crippen LogP contribution is 2.34. The number of carbonyl (C=O) groups excluding carboxylic acids is 2. The zero-order chi connectivity index (χ0) is 17.6. The van der Waals surface area contributed by atoms with Gasteiger partial charge < -0.3 is 4.98 Å². The molecule has 0 aliphatic carbocycles. The number of H-pyrrole nitrogens is 1. The number of nitrogens with zero attached hydrogens (tertiary/aromatic N) is 1. The van der Waals surface area contributed by atoms with Crippen molar-refractivity contribution in [3.63, 3.8) is 0 Å². The molecule has 0 saturated heterocycles. The molecular weight excluding hydrogens is 312 g/mol. The Kier molecular flexibility index (Phi) is 3.49. The lowest BCUT2D eigenvalue weighted by Gasteiger charge is -2.37. The van der Waals surface area contributed by atoms with Crippen LogP contribution in [0.4, 0.5) is 0 Å². The lowest BCUT2D eigenvalue weighted by atomic mass is 9.77. The molecule has 4 heteroatoms. The number of carbonyl (C=O) groups is 2. The summed E-state index contributed by atoms with van der Waals surface area (Å²) >= 11 is 0. The molecule has 0 saturated carbocycles. The van der Waals surface area contributed by atoms with Gasteiger partial charge in [0.05, 0.1) is 5.41 Å². The average Bonchev–Trinajstić information content (AvgIpc) is 3.04. The second kappa shape index (κ2) is 5.59. The quantitative estimate of drug-likeness (QED) is 0.744. The SMILES string of the molecule is CC1(C)C(=O)N(CCc2c[nH]c3ccccc23)C(=O)c2ccccc21. The molecule has 0 unspecified atom stereocenters. The molecule has 0 fully saturated rings. The summed E-state index contributed by atoms with van der Waals surface area (Å²) in [7, 11) is 0. The van der Waals surface area contributed by atoms with E-state index in [0.29, 0.717) is 18.5 Å². The van der Waals surface area contributed by atoms with Gasteiger partial charge in [0, 0.05) is 29.2 Å². The molecule has 1 aliphatic rings. The highest BCUT2D eigenvalue weighted by atomic mass is 16.2. The van der Waals surface area contributed by atoms with Gasteiger partial charge in [0.1, 0.15) is 0 Å². The summed E-state index contributed by atoms with van der Waals surface area (Å²) in [5.74, 6) is -0.323. The number of rotatable bonds is 3. The van der Waals surface area contributed by atoms with E-state index in [9.17, 15) is 9.59 Å². The molecule has 3 aromatic rings. The van der Waals surface area contributed by atoms with E-state index in [4.69, 9.17) is 0 Å². The van der Waals surface area contributed by atoms with Crippen LogP contribution in [0.3, 0.4) is 0 Å². The number of hydrogen-bond acceptors (Lipinski definition) is 2.